The lowest BCUT2D eigenvalue weighted by atomic mass is 9.90. The number of nitrogens with zero attached hydrogens (tertiary/aromatic N) is 5. The van der Waals surface area contributed by atoms with Crippen LogP contribution in [0.1, 0.15) is 68.1 Å². The first-order valence-electron chi connectivity index (χ1n) is 20.7. The van der Waals surface area contributed by atoms with E-state index < -0.39 is 35.5 Å². The van der Waals surface area contributed by atoms with Gasteiger partial charge in [-0.3, -0.25) is 14.4 Å². The molecule has 6 rings (SSSR count). The summed E-state index contributed by atoms with van der Waals surface area (Å²) >= 11 is 6.14. The monoisotopic (exact) mass is 861 g/mol. The molecule has 2 aromatic carbocycles. The number of para-hydroxylation sites is 1. The first-order chi connectivity index (χ1) is 28.6. The number of nitrogen functional groups attached to an aromatic ring is 1. The van der Waals surface area contributed by atoms with Gasteiger partial charge in [0.05, 0.1) is 16.3 Å². The van der Waals surface area contributed by atoms with Gasteiger partial charge in [0, 0.05) is 77.4 Å². The molecule has 4 aliphatic heterocycles. The number of ether oxygens (including phenoxy) is 2. The molecule has 3 fully saturated rings. The van der Waals surface area contributed by atoms with Crippen LogP contribution in [0.3, 0.4) is 0 Å². The fourth-order valence-corrected chi connectivity index (χ4v) is 8.88. The molecule has 4 heterocycles. The summed E-state index contributed by atoms with van der Waals surface area (Å²) in [6.07, 6.45) is -1.60. The SMILES string of the molecule is CN(C)C(=O)COC(=O)CCC1CCN(C2CCN(C(=O)[C@@H](Cc3cc(Cl)c(N)c(C(F)(F)F)c3)OC(=O)N3CCC(N4CCc5ccccc5NC4=O)CC3)CC2)CC1. The van der Waals surface area contributed by atoms with Crippen LogP contribution in [-0.4, -0.2) is 139 Å². The highest BCUT2D eigenvalue weighted by molar-refractivity contribution is 6.33. The summed E-state index contributed by atoms with van der Waals surface area (Å²) in [5.41, 5.74) is 5.80. The highest BCUT2D eigenvalue weighted by atomic mass is 35.5. The van der Waals surface area contributed by atoms with E-state index in [-0.39, 0.29) is 73.1 Å². The number of nitrogens with two attached hydrogens (primary N) is 1. The van der Waals surface area contributed by atoms with E-state index in [1.807, 2.05) is 24.3 Å². The number of alkyl halides is 3. The predicted octanol–water partition coefficient (Wildman–Crippen LogP) is 5.66. The van der Waals surface area contributed by atoms with Crippen LogP contribution >= 0.6 is 11.6 Å². The van der Waals surface area contributed by atoms with Gasteiger partial charge in [-0.15, -0.1) is 0 Å². The molecule has 5 amide bonds. The maximum absolute atomic E-state index is 14.2. The number of likely N-dealkylation sites (N-methyl/N-ethyl adjacent to an activating group) is 1. The van der Waals surface area contributed by atoms with Gasteiger partial charge in [-0.1, -0.05) is 29.8 Å². The Morgan fingerprint density at radius 3 is 2.23 bits per heavy atom. The summed E-state index contributed by atoms with van der Waals surface area (Å²) in [7, 11) is 3.20. The van der Waals surface area contributed by atoms with E-state index in [2.05, 4.69) is 10.2 Å². The minimum absolute atomic E-state index is 0.0487. The molecular weight excluding hydrogens is 807 g/mol. The Bertz CT molecular complexity index is 1880. The number of nitrogens with one attached hydrogen (secondary N) is 1. The first kappa shape index (κ1) is 44.8. The van der Waals surface area contributed by atoms with Gasteiger partial charge in [-0.05, 0) is 99.7 Å². The van der Waals surface area contributed by atoms with Crippen LogP contribution in [-0.2, 0) is 42.9 Å². The van der Waals surface area contributed by atoms with Crippen LogP contribution in [0, 0.1) is 5.92 Å². The Kier molecular flexibility index (Phi) is 14.7. The Hall–Kier alpha value is -4.77. The van der Waals surface area contributed by atoms with E-state index in [1.54, 1.807) is 23.9 Å². The maximum Gasteiger partial charge on any atom is 0.418 e. The lowest BCUT2D eigenvalue weighted by Gasteiger charge is -2.42. The molecule has 0 radical (unpaired) electrons. The third kappa shape index (κ3) is 11.3. The Morgan fingerprint density at radius 1 is 0.917 bits per heavy atom. The van der Waals surface area contributed by atoms with Crippen LogP contribution in [0.4, 0.5) is 34.1 Å². The van der Waals surface area contributed by atoms with Gasteiger partial charge in [0.2, 0.25) is 0 Å². The summed E-state index contributed by atoms with van der Waals surface area (Å²) in [4.78, 5) is 73.5. The zero-order chi connectivity index (χ0) is 43.1. The number of likely N-dealkylation sites (tertiary alicyclic amines) is 3. The van der Waals surface area contributed by atoms with E-state index >= 15 is 0 Å². The van der Waals surface area contributed by atoms with Crippen LogP contribution in [0.15, 0.2) is 36.4 Å². The van der Waals surface area contributed by atoms with E-state index in [0.29, 0.717) is 64.1 Å². The molecule has 14 nitrogen and oxygen atoms in total. The van der Waals surface area contributed by atoms with Crippen molar-refractivity contribution in [3.63, 3.8) is 0 Å². The number of hydrogen-bond donors (Lipinski definition) is 2. The fourth-order valence-electron chi connectivity index (χ4n) is 8.64. The molecule has 3 N–H and O–H groups in total. The number of carbonyl (C=O) groups is 5. The number of piperidine rings is 3. The molecule has 0 bridgehead atoms. The Labute approximate surface area is 353 Å². The molecule has 3 saturated heterocycles. The molecule has 0 saturated carbocycles. The van der Waals surface area contributed by atoms with Gasteiger partial charge < -0.3 is 45.0 Å². The number of anilines is 2. The highest BCUT2D eigenvalue weighted by Crippen LogP contribution is 2.38. The zero-order valence-electron chi connectivity index (χ0n) is 34.2. The summed E-state index contributed by atoms with van der Waals surface area (Å²) in [5, 5.41) is 2.66. The summed E-state index contributed by atoms with van der Waals surface area (Å²) in [6.45, 7) is 3.20. The number of halogens is 4. The summed E-state index contributed by atoms with van der Waals surface area (Å²) in [5.74, 6) is -0.805. The molecule has 0 aliphatic carbocycles. The van der Waals surface area contributed by atoms with Gasteiger partial charge in [-0.2, -0.15) is 13.2 Å². The Balaban J connectivity index is 1.04. The third-order valence-electron chi connectivity index (χ3n) is 12.3. The minimum atomic E-state index is -4.80. The van der Waals surface area contributed by atoms with Crippen molar-refractivity contribution in [2.45, 2.75) is 88.6 Å². The standard InChI is InChI=1S/C42H55ClF3N7O7/c1-49(2)36(54)26-59-37(55)8-7-27-9-16-50(17-10-27)30-12-18-51(19-13-30)39(56)35(25-28-23-32(42(44,45)46)38(47)33(43)24-28)60-41(58)52-20-14-31(15-21-52)53-22-11-29-5-3-4-6-34(29)48-40(53)57/h3-6,23-24,27,30-31,35H,7-22,25-26,47H2,1-2H3,(H,48,57)/t35-/m1/s1. The van der Waals surface area contributed by atoms with Crippen LogP contribution in [0.2, 0.25) is 5.02 Å². The quantitative estimate of drug-likeness (QED) is 0.215. The largest absolute Gasteiger partial charge is 0.456 e. The number of esters is 1. The number of amides is 5. The molecular formula is C42H55ClF3N7O7. The minimum Gasteiger partial charge on any atom is -0.456 e. The number of urea groups is 1. The van der Waals surface area contributed by atoms with E-state index in [4.69, 9.17) is 26.8 Å². The normalized spacial score (nSPS) is 19.2. The maximum atomic E-state index is 14.2. The topological polar surface area (TPSA) is 158 Å². The fraction of sp³-hybridized carbons (Fsp3) is 0.595. The van der Waals surface area contributed by atoms with Crippen molar-refractivity contribution in [2.24, 2.45) is 5.92 Å². The van der Waals surface area contributed by atoms with E-state index in [9.17, 15) is 37.1 Å². The number of carbonyl (C=O) groups excluding carboxylic acids is 5. The molecule has 18 heteroatoms. The summed E-state index contributed by atoms with van der Waals surface area (Å²) in [6, 6.07) is 9.64. The molecule has 0 unspecified atom stereocenters. The number of hydrogen-bond acceptors (Lipinski definition) is 9. The van der Waals surface area contributed by atoms with Crippen molar-refractivity contribution in [3.8, 4) is 0 Å². The van der Waals surface area contributed by atoms with E-state index in [0.717, 1.165) is 43.2 Å². The number of rotatable bonds is 11. The molecule has 4 aliphatic rings. The van der Waals surface area contributed by atoms with Gasteiger partial charge in [0.1, 0.15) is 0 Å². The van der Waals surface area contributed by atoms with Crippen molar-refractivity contribution >= 4 is 52.9 Å². The van der Waals surface area contributed by atoms with Crippen molar-refractivity contribution < 1.29 is 46.6 Å². The lowest BCUT2D eigenvalue weighted by molar-refractivity contribution is -0.151. The molecule has 60 heavy (non-hydrogen) atoms. The zero-order valence-corrected chi connectivity index (χ0v) is 34.9. The second-order valence-electron chi connectivity index (χ2n) is 16.4. The van der Waals surface area contributed by atoms with Gasteiger partial charge in [0.25, 0.3) is 11.8 Å². The van der Waals surface area contributed by atoms with Crippen molar-refractivity contribution in [1.29, 1.82) is 0 Å². The predicted molar refractivity (Wildman–Crippen MR) is 218 cm³/mol. The number of benzene rings is 2. The Morgan fingerprint density at radius 2 is 1.57 bits per heavy atom. The van der Waals surface area contributed by atoms with Crippen LogP contribution in [0.5, 0.6) is 0 Å². The van der Waals surface area contributed by atoms with Crippen LogP contribution < -0.4 is 11.1 Å². The van der Waals surface area contributed by atoms with Gasteiger partial charge in [0.15, 0.2) is 12.7 Å². The van der Waals surface area contributed by atoms with Gasteiger partial charge >= 0.3 is 24.3 Å². The van der Waals surface area contributed by atoms with Crippen molar-refractivity contribution in [2.75, 3.05) is 77.6 Å². The number of fused-ring (bicyclic) bond motifs is 1. The lowest BCUT2D eigenvalue weighted by Crippen LogP contribution is -2.53. The van der Waals surface area contributed by atoms with E-state index in [1.165, 1.54) is 15.9 Å². The average Bonchev–Trinajstić information content (AvgIpc) is 3.40. The molecule has 2 aromatic rings. The molecule has 0 spiro atoms. The van der Waals surface area contributed by atoms with Crippen LogP contribution in [0.25, 0.3) is 0 Å². The average molecular weight is 862 g/mol. The highest BCUT2D eigenvalue weighted by Gasteiger charge is 2.39. The molecule has 1 atom stereocenters. The van der Waals surface area contributed by atoms with Gasteiger partial charge in [-0.25, -0.2) is 9.59 Å². The third-order valence-corrected chi connectivity index (χ3v) is 12.6. The van der Waals surface area contributed by atoms with Crippen molar-refractivity contribution in [1.82, 2.24) is 24.5 Å². The smallest absolute Gasteiger partial charge is 0.418 e. The summed E-state index contributed by atoms with van der Waals surface area (Å²) < 4.78 is 52.7. The molecule has 0 aromatic heterocycles. The van der Waals surface area contributed by atoms with Crippen molar-refractivity contribution in [3.05, 3.63) is 58.1 Å². The second kappa shape index (κ2) is 19.7. The first-order valence-corrected chi connectivity index (χ1v) is 21.1. The second-order valence-corrected chi connectivity index (χ2v) is 16.8. The molecule has 328 valence electrons.